The minimum Gasteiger partial charge on any atom is -0.294 e. The van der Waals surface area contributed by atoms with Crippen LogP contribution in [-0.4, -0.2) is 16.5 Å². The lowest BCUT2D eigenvalue weighted by Crippen LogP contribution is -2.26. The van der Waals surface area contributed by atoms with Crippen LogP contribution in [0, 0.1) is 17.2 Å². The van der Waals surface area contributed by atoms with E-state index in [1.54, 1.807) is 6.08 Å². The maximum atomic E-state index is 11.5. The van der Waals surface area contributed by atoms with Crippen LogP contribution in [0.4, 0.5) is 0 Å². The highest BCUT2D eigenvalue weighted by Crippen LogP contribution is 2.24. The second-order valence-corrected chi connectivity index (χ2v) is 3.78. The van der Waals surface area contributed by atoms with Gasteiger partial charge in [0, 0.05) is 12.0 Å². The molecule has 0 aromatic carbocycles. The molecule has 1 unspecified atom stereocenters. The Morgan fingerprint density at radius 3 is 3.07 bits per heavy atom. The molecule has 1 saturated carbocycles. The highest BCUT2D eigenvalue weighted by atomic mass is 32.1. The summed E-state index contributed by atoms with van der Waals surface area (Å²) in [5.41, 5.74) is 1.40. The third-order valence-corrected chi connectivity index (χ3v) is 2.76. The molecular weight excluding hydrogens is 196 g/mol. The van der Waals surface area contributed by atoms with E-state index >= 15 is 0 Å². The second kappa shape index (κ2) is 3.43. The van der Waals surface area contributed by atoms with E-state index in [-0.39, 0.29) is 5.78 Å². The number of Topliss-reactive ketones (excluding diaryl/α,β-unsaturated/α-hetero) is 1. The molecule has 3 nitrogen and oxygen atoms in total. The van der Waals surface area contributed by atoms with E-state index in [1.165, 1.54) is 0 Å². The van der Waals surface area contributed by atoms with E-state index in [9.17, 15) is 4.79 Å². The first-order valence-electron chi connectivity index (χ1n) is 4.49. The van der Waals surface area contributed by atoms with Crippen molar-refractivity contribution in [2.45, 2.75) is 19.3 Å². The molecule has 70 valence electrons. The standard InChI is InChI=1S/C10H8N2OS/c11-5-6-4-7-8(12-10(6)14)2-1-3-9(7)13/h4,6H,1-3H2. The SMILES string of the molecule is N#CC1C=C2C(=O)CCCC2=NC1=S. The third kappa shape index (κ3) is 1.40. The Morgan fingerprint density at radius 1 is 1.57 bits per heavy atom. The number of dihydropyridines is 1. The summed E-state index contributed by atoms with van der Waals surface area (Å²) in [5, 5.41) is 8.78. The number of aliphatic imine (C=N–C) groups is 1. The Labute approximate surface area is 87.1 Å². The number of ketones is 1. The summed E-state index contributed by atoms with van der Waals surface area (Å²) in [5.74, 6) is -0.399. The summed E-state index contributed by atoms with van der Waals surface area (Å²) in [6.07, 6.45) is 3.87. The van der Waals surface area contributed by atoms with E-state index < -0.39 is 5.92 Å². The third-order valence-electron chi connectivity index (χ3n) is 2.41. The van der Waals surface area contributed by atoms with Crippen LogP contribution in [0.5, 0.6) is 0 Å². The van der Waals surface area contributed by atoms with Crippen LogP contribution in [-0.2, 0) is 4.79 Å². The normalized spacial score (nSPS) is 26.1. The van der Waals surface area contributed by atoms with E-state index in [0.717, 1.165) is 18.6 Å². The largest absolute Gasteiger partial charge is 0.294 e. The Kier molecular flexibility index (Phi) is 2.26. The van der Waals surface area contributed by atoms with Crippen LogP contribution in [0.1, 0.15) is 19.3 Å². The number of rotatable bonds is 0. The fraction of sp³-hybridized carbons (Fsp3) is 0.400. The molecule has 2 rings (SSSR count). The number of hydrogen-bond acceptors (Lipinski definition) is 3. The van der Waals surface area contributed by atoms with Gasteiger partial charge in [0.25, 0.3) is 0 Å². The van der Waals surface area contributed by atoms with Gasteiger partial charge in [-0.05, 0) is 18.9 Å². The molecule has 0 aromatic heterocycles. The molecule has 1 aliphatic carbocycles. The summed E-state index contributed by atoms with van der Waals surface area (Å²) in [4.78, 5) is 16.0. The van der Waals surface area contributed by atoms with Crippen LogP contribution in [0.25, 0.3) is 0 Å². The quantitative estimate of drug-likeness (QED) is 0.563. The molecule has 2 aliphatic rings. The minimum atomic E-state index is -0.495. The molecule has 0 aromatic rings. The number of thiocarbonyl (C=S) groups is 1. The zero-order valence-corrected chi connectivity index (χ0v) is 8.30. The molecule has 0 amide bonds. The molecule has 14 heavy (non-hydrogen) atoms. The fourth-order valence-electron chi connectivity index (χ4n) is 1.68. The Hall–Kier alpha value is -1.34. The summed E-state index contributed by atoms with van der Waals surface area (Å²) in [7, 11) is 0. The summed E-state index contributed by atoms with van der Waals surface area (Å²) >= 11 is 4.97. The second-order valence-electron chi connectivity index (χ2n) is 3.36. The van der Waals surface area contributed by atoms with Gasteiger partial charge in [0.2, 0.25) is 0 Å². The first-order chi connectivity index (χ1) is 6.72. The van der Waals surface area contributed by atoms with Crippen molar-refractivity contribution in [2.24, 2.45) is 10.9 Å². The van der Waals surface area contributed by atoms with Gasteiger partial charge in [-0.15, -0.1) is 0 Å². The number of fused-ring (bicyclic) bond motifs is 1. The molecule has 1 aliphatic heterocycles. The summed E-state index contributed by atoms with van der Waals surface area (Å²) in [6, 6.07) is 2.03. The Balaban J connectivity index is 2.41. The first-order valence-corrected chi connectivity index (χ1v) is 4.89. The van der Waals surface area contributed by atoms with Crippen molar-refractivity contribution >= 4 is 28.7 Å². The number of nitriles is 1. The average molecular weight is 204 g/mol. The van der Waals surface area contributed by atoms with Gasteiger partial charge in [-0.1, -0.05) is 12.2 Å². The van der Waals surface area contributed by atoms with Gasteiger partial charge in [-0.3, -0.25) is 4.79 Å². The number of carbonyl (C=O) groups excluding carboxylic acids is 1. The Bertz CT molecular complexity index is 414. The van der Waals surface area contributed by atoms with Crippen molar-refractivity contribution in [1.82, 2.24) is 0 Å². The lowest BCUT2D eigenvalue weighted by atomic mass is 9.87. The highest BCUT2D eigenvalue weighted by Gasteiger charge is 2.27. The molecule has 1 fully saturated rings. The fourth-order valence-corrected chi connectivity index (χ4v) is 1.92. The molecule has 0 spiro atoms. The predicted molar refractivity (Wildman–Crippen MR) is 56.1 cm³/mol. The summed E-state index contributed by atoms with van der Waals surface area (Å²) in [6.45, 7) is 0. The number of nitrogens with zero attached hydrogens (tertiary/aromatic N) is 2. The maximum absolute atomic E-state index is 11.5. The maximum Gasteiger partial charge on any atom is 0.164 e. The van der Waals surface area contributed by atoms with Crippen LogP contribution in [0.3, 0.4) is 0 Å². The number of carbonyl (C=O) groups is 1. The van der Waals surface area contributed by atoms with Gasteiger partial charge in [0.1, 0.15) is 10.9 Å². The van der Waals surface area contributed by atoms with Crippen LogP contribution in [0.2, 0.25) is 0 Å². The molecule has 1 atom stereocenters. The van der Waals surface area contributed by atoms with Crippen molar-refractivity contribution in [3.05, 3.63) is 11.6 Å². The van der Waals surface area contributed by atoms with Crippen LogP contribution >= 0.6 is 12.2 Å². The van der Waals surface area contributed by atoms with E-state index in [4.69, 9.17) is 17.5 Å². The topological polar surface area (TPSA) is 53.2 Å². The first kappa shape index (κ1) is 9.22. The monoisotopic (exact) mass is 204 g/mol. The van der Waals surface area contributed by atoms with E-state index in [1.807, 2.05) is 6.07 Å². The van der Waals surface area contributed by atoms with Crippen molar-refractivity contribution in [2.75, 3.05) is 0 Å². The number of hydrogen-bond donors (Lipinski definition) is 0. The molecule has 0 radical (unpaired) electrons. The van der Waals surface area contributed by atoms with Crippen molar-refractivity contribution in [3.8, 4) is 6.07 Å². The van der Waals surface area contributed by atoms with Gasteiger partial charge in [0.15, 0.2) is 5.78 Å². The van der Waals surface area contributed by atoms with Gasteiger partial charge in [-0.25, -0.2) is 4.99 Å². The predicted octanol–water partition coefficient (Wildman–Crippen LogP) is 1.59. The lowest BCUT2D eigenvalue weighted by molar-refractivity contribution is -0.115. The lowest BCUT2D eigenvalue weighted by Gasteiger charge is -2.20. The van der Waals surface area contributed by atoms with Crippen LogP contribution < -0.4 is 0 Å². The van der Waals surface area contributed by atoms with Crippen molar-refractivity contribution in [3.63, 3.8) is 0 Å². The minimum absolute atomic E-state index is 0.0951. The average Bonchev–Trinajstić information content (AvgIpc) is 2.17. The molecule has 1 heterocycles. The van der Waals surface area contributed by atoms with E-state index in [0.29, 0.717) is 17.0 Å². The van der Waals surface area contributed by atoms with Gasteiger partial charge < -0.3 is 0 Å². The van der Waals surface area contributed by atoms with Crippen molar-refractivity contribution < 1.29 is 4.79 Å². The smallest absolute Gasteiger partial charge is 0.164 e. The Morgan fingerprint density at radius 2 is 2.36 bits per heavy atom. The molecule has 0 saturated heterocycles. The van der Waals surface area contributed by atoms with Gasteiger partial charge >= 0.3 is 0 Å². The zero-order chi connectivity index (χ0) is 10.1. The number of allylic oxidation sites excluding steroid dienone is 1. The molecule has 0 bridgehead atoms. The molecule has 4 heteroatoms. The van der Waals surface area contributed by atoms with Gasteiger partial charge in [-0.2, -0.15) is 5.26 Å². The van der Waals surface area contributed by atoms with Crippen molar-refractivity contribution in [1.29, 1.82) is 5.26 Å². The van der Waals surface area contributed by atoms with Gasteiger partial charge in [0.05, 0.1) is 11.8 Å². The molecular formula is C10H8N2OS. The summed E-state index contributed by atoms with van der Waals surface area (Å²) < 4.78 is 0. The highest BCUT2D eigenvalue weighted by molar-refractivity contribution is 7.80. The van der Waals surface area contributed by atoms with Crippen LogP contribution in [0.15, 0.2) is 16.6 Å². The van der Waals surface area contributed by atoms with E-state index in [2.05, 4.69) is 4.99 Å². The zero-order valence-electron chi connectivity index (χ0n) is 7.49. The molecule has 0 N–H and O–H groups in total.